The molecule has 0 unspecified atom stereocenters. The monoisotopic (exact) mass is 313 g/mol. The summed E-state index contributed by atoms with van der Waals surface area (Å²) in [7, 11) is 0. The molecule has 110 valence electrons. The standard InChI is InChI=1S/C17H12ClNO3/c18-13-3-1-2-11(8-13)4-6-15(20)12-5-7-16-14(9-12)19-17(21)10-22-16/h1-9H,10H2,(H,19,21). The van der Waals surface area contributed by atoms with Crippen LogP contribution in [0.15, 0.2) is 48.5 Å². The fourth-order valence-corrected chi connectivity index (χ4v) is 2.31. The van der Waals surface area contributed by atoms with Crippen molar-refractivity contribution in [2.45, 2.75) is 0 Å². The Morgan fingerprint density at radius 3 is 2.91 bits per heavy atom. The van der Waals surface area contributed by atoms with Crippen LogP contribution in [0.4, 0.5) is 5.69 Å². The summed E-state index contributed by atoms with van der Waals surface area (Å²) in [6.45, 7) is -0.00500. The van der Waals surface area contributed by atoms with Crippen molar-refractivity contribution < 1.29 is 14.3 Å². The molecule has 2 aromatic rings. The van der Waals surface area contributed by atoms with Crippen molar-refractivity contribution in [2.75, 3.05) is 11.9 Å². The number of carbonyl (C=O) groups is 2. The Balaban J connectivity index is 1.80. The number of ether oxygens (including phenoxy) is 1. The van der Waals surface area contributed by atoms with Crippen molar-refractivity contribution >= 4 is 35.1 Å². The van der Waals surface area contributed by atoms with Gasteiger partial charge in [0.1, 0.15) is 5.75 Å². The number of nitrogens with one attached hydrogen (secondary N) is 1. The van der Waals surface area contributed by atoms with Crippen molar-refractivity contribution in [1.29, 1.82) is 0 Å². The van der Waals surface area contributed by atoms with Gasteiger partial charge in [-0.15, -0.1) is 0 Å². The molecule has 0 bridgehead atoms. The number of fused-ring (bicyclic) bond motifs is 1. The first-order valence-electron chi connectivity index (χ1n) is 6.66. The number of hydrogen-bond acceptors (Lipinski definition) is 3. The van der Waals surface area contributed by atoms with Gasteiger partial charge in [0.25, 0.3) is 5.91 Å². The molecule has 2 aromatic carbocycles. The smallest absolute Gasteiger partial charge is 0.262 e. The van der Waals surface area contributed by atoms with Crippen molar-refractivity contribution in [2.24, 2.45) is 0 Å². The van der Waals surface area contributed by atoms with Gasteiger partial charge in [0.15, 0.2) is 12.4 Å². The van der Waals surface area contributed by atoms with E-state index in [0.717, 1.165) is 5.56 Å². The summed E-state index contributed by atoms with van der Waals surface area (Å²) in [6, 6.07) is 12.2. The summed E-state index contributed by atoms with van der Waals surface area (Å²) in [5, 5.41) is 3.29. The van der Waals surface area contributed by atoms with Crippen molar-refractivity contribution in [3.8, 4) is 5.75 Å². The first-order valence-corrected chi connectivity index (χ1v) is 7.04. The predicted molar refractivity (Wildman–Crippen MR) is 85.4 cm³/mol. The number of carbonyl (C=O) groups excluding carboxylic acids is 2. The van der Waals surface area contributed by atoms with Gasteiger partial charge in [-0.25, -0.2) is 0 Å². The molecule has 1 heterocycles. The van der Waals surface area contributed by atoms with E-state index in [1.165, 1.54) is 6.08 Å². The highest BCUT2D eigenvalue weighted by atomic mass is 35.5. The Labute approximate surface area is 132 Å². The van der Waals surface area contributed by atoms with Gasteiger partial charge in [0, 0.05) is 10.6 Å². The minimum Gasteiger partial charge on any atom is -0.482 e. The molecule has 0 spiro atoms. The molecule has 0 fully saturated rings. The number of allylic oxidation sites excluding steroid dienone is 1. The minimum absolute atomic E-state index is 0.00500. The van der Waals surface area contributed by atoms with E-state index in [1.54, 1.807) is 36.4 Å². The number of rotatable bonds is 3. The number of benzene rings is 2. The molecule has 0 radical (unpaired) electrons. The van der Waals surface area contributed by atoms with Gasteiger partial charge >= 0.3 is 0 Å². The lowest BCUT2D eigenvalue weighted by molar-refractivity contribution is -0.118. The highest BCUT2D eigenvalue weighted by molar-refractivity contribution is 6.30. The van der Waals surface area contributed by atoms with Crippen LogP contribution in [0.25, 0.3) is 6.08 Å². The Morgan fingerprint density at radius 2 is 2.09 bits per heavy atom. The zero-order valence-corrected chi connectivity index (χ0v) is 12.3. The second-order valence-electron chi connectivity index (χ2n) is 4.80. The summed E-state index contributed by atoms with van der Waals surface area (Å²) in [5.41, 5.74) is 1.83. The molecule has 1 N–H and O–H groups in total. The van der Waals surface area contributed by atoms with E-state index in [4.69, 9.17) is 16.3 Å². The third kappa shape index (κ3) is 3.18. The van der Waals surface area contributed by atoms with Gasteiger partial charge in [0.2, 0.25) is 0 Å². The predicted octanol–water partition coefficient (Wildman–Crippen LogP) is 3.57. The van der Waals surface area contributed by atoms with Gasteiger partial charge in [-0.3, -0.25) is 9.59 Å². The maximum absolute atomic E-state index is 12.2. The molecule has 1 amide bonds. The second-order valence-corrected chi connectivity index (χ2v) is 5.24. The summed E-state index contributed by atoms with van der Waals surface area (Å²) in [6.07, 6.45) is 3.17. The Bertz CT molecular complexity index is 783. The molecular weight excluding hydrogens is 302 g/mol. The number of hydrogen-bond donors (Lipinski definition) is 1. The third-order valence-electron chi connectivity index (χ3n) is 3.17. The maximum Gasteiger partial charge on any atom is 0.262 e. The van der Waals surface area contributed by atoms with Gasteiger partial charge in [-0.2, -0.15) is 0 Å². The van der Waals surface area contributed by atoms with Crippen LogP contribution in [0.5, 0.6) is 5.75 Å². The lowest BCUT2D eigenvalue weighted by atomic mass is 10.1. The SMILES string of the molecule is O=C1COc2ccc(C(=O)C=Cc3cccc(Cl)c3)cc2N1. The van der Waals surface area contributed by atoms with E-state index >= 15 is 0 Å². The van der Waals surface area contributed by atoms with Crippen LogP contribution < -0.4 is 10.1 Å². The second kappa shape index (κ2) is 6.03. The largest absolute Gasteiger partial charge is 0.482 e. The van der Waals surface area contributed by atoms with Crippen LogP contribution in [0, 0.1) is 0 Å². The summed E-state index contributed by atoms with van der Waals surface area (Å²) < 4.78 is 5.26. The average molecular weight is 314 g/mol. The lowest BCUT2D eigenvalue weighted by Gasteiger charge is -2.17. The first-order chi connectivity index (χ1) is 10.6. The first kappa shape index (κ1) is 14.4. The van der Waals surface area contributed by atoms with Crippen LogP contribution in [-0.2, 0) is 4.79 Å². The van der Waals surface area contributed by atoms with E-state index < -0.39 is 0 Å². The Morgan fingerprint density at radius 1 is 1.23 bits per heavy atom. The summed E-state index contributed by atoms with van der Waals surface area (Å²) in [4.78, 5) is 23.5. The number of anilines is 1. The van der Waals surface area contributed by atoms with Crippen LogP contribution in [-0.4, -0.2) is 18.3 Å². The Kier molecular flexibility index (Phi) is 3.94. The van der Waals surface area contributed by atoms with E-state index in [1.807, 2.05) is 12.1 Å². The summed E-state index contributed by atoms with van der Waals surface area (Å²) >= 11 is 5.90. The molecule has 1 aliphatic rings. The molecule has 0 atom stereocenters. The zero-order valence-electron chi connectivity index (χ0n) is 11.5. The van der Waals surface area contributed by atoms with E-state index in [0.29, 0.717) is 22.0 Å². The maximum atomic E-state index is 12.2. The topological polar surface area (TPSA) is 55.4 Å². The fraction of sp³-hybridized carbons (Fsp3) is 0.0588. The van der Waals surface area contributed by atoms with Gasteiger partial charge in [-0.05, 0) is 42.0 Å². The van der Waals surface area contributed by atoms with E-state index in [-0.39, 0.29) is 18.3 Å². The average Bonchev–Trinajstić information content (AvgIpc) is 2.52. The van der Waals surface area contributed by atoms with Crippen LogP contribution in [0.3, 0.4) is 0 Å². The number of amides is 1. The molecule has 0 saturated heterocycles. The van der Waals surface area contributed by atoms with Crippen molar-refractivity contribution in [3.05, 3.63) is 64.7 Å². The summed E-state index contributed by atoms with van der Waals surface area (Å²) in [5.74, 6) is 0.170. The molecule has 4 nitrogen and oxygen atoms in total. The quantitative estimate of drug-likeness (QED) is 0.696. The van der Waals surface area contributed by atoms with E-state index in [2.05, 4.69) is 5.32 Å². The fourth-order valence-electron chi connectivity index (χ4n) is 2.11. The molecule has 0 aromatic heterocycles. The highest BCUT2D eigenvalue weighted by Gasteiger charge is 2.17. The Hall–Kier alpha value is -2.59. The third-order valence-corrected chi connectivity index (χ3v) is 3.41. The minimum atomic E-state index is -0.230. The molecule has 1 aliphatic heterocycles. The lowest BCUT2D eigenvalue weighted by Crippen LogP contribution is -2.25. The number of ketones is 1. The van der Waals surface area contributed by atoms with Gasteiger partial charge in [-0.1, -0.05) is 29.8 Å². The molecule has 0 saturated carbocycles. The van der Waals surface area contributed by atoms with Crippen molar-refractivity contribution in [3.63, 3.8) is 0 Å². The van der Waals surface area contributed by atoms with Crippen LogP contribution >= 0.6 is 11.6 Å². The molecule has 0 aliphatic carbocycles. The van der Waals surface area contributed by atoms with E-state index in [9.17, 15) is 9.59 Å². The zero-order chi connectivity index (χ0) is 15.5. The van der Waals surface area contributed by atoms with Crippen molar-refractivity contribution in [1.82, 2.24) is 0 Å². The van der Waals surface area contributed by atoms with Gasteiger partial charge < -0.3 is 10.1 Å². The van der Waals surface area contributed by atoms with Gasteiger partial charge in [0.05, 0.1) is 5.69 Å². The molecule has 3 rings (SSSR count). The normalized spacial score (nSPS) is 13.4. The van der Waals surface area contributed by atoms with Crippen LogP contribution in [0.2, 0.25) is 5.02 Å². The molecular formula is C17H12ClNO3. The number of halogens is 1. The molecule has 5 heteroatoms. The molecule has 22 heavy (non-hydrogen) atoms. The highest BCUT2D eigenvalue weighted by Crippen LogP contribution is 2.28. The van der Waals surface area contributed by atoms with Crippen LogP contribution in [0.1, 0.15) is 15.9 Å².